The smallest absolute Gasteiger partial charge is 0.00395 e. The molecule has 0 radical (unpaired) electrons. The van der Waals surface area contributed by atoms with Crippen LogP contribution in [0.2, 0.25) is 0 Å². The van der Waals surface area contributed by atoms with Gasteiger partial charge in [0.05, 0.1) is 0 Å². The molecule has 1 aromatic rings. The number of aryl methyl sites for hydroxylation is 1. The zero-order valence-corrected chi connectivity index (χ0v) is 9.96. The highest BCUT2D eigenvalue weighted by molar-refractivity contribution is 5.16. The normalized spacial score (nSPS) is 11.9. The summed E-state index contributed by atoms with van der Waals surface area (Å²) in [6.45, 7) is 6.63. The zero-order chi connectivity index (χ0) is 11.1. The van der Waals surface area contributed by atoms with Crippen molar-refractivity contribution in [1.82, 2.24) is 4.98 Å². The van der Waals surface area contributed by atoms with Crippen molar-refractivity contribution in [3.05, 3.63) is 47.8 Å². The number of rotatable bonds is 3. The first-order valence-electron chi connectivity index (χ1n) is 5.71. The van der Waals surface area contributed by atoms with Crippen LogP contribution in [0.4, 0.5) is 0 Å². The minimum atomic E-state index is 0.623. The topological polar surface area (TPSA) is 15.8 Å². The van der Waals surface area contributed by atoms with Gasteiger partial charge in [-0.15, -0.1) is 0 Å². The van der Waals surface area contributed by atoms with E-state index in [-0.39, 0.29) is 0 Å². The van der Waals surface area contributed by atoms with Crippen molar-refractivity contribution >= 4 is 0 Å². The van der Waals surface area contributed by atoms with Gasteiger partial charge in [-0.05, 0) is 30.9 Å². The highest BCUT2D eigenvalue weighted by Crippen LogP contribution is 2.18. The first kappa shape index (κ1) is 11.8. The molecule has 1 atom stereocenters. The van der Waals surface area contributed by atoms with E-state index in [2.05, 4.69) is 50.2 Å². The summed E-state index contributed by atoms with van der Waals surface area (Å²) in [7, 11) is 0. The lowest BCUT2D eigenvalue weighted by atomic mass is 9.99. The molecule has 82 valence electrons. The van der Waals surface area contributed by atoms with Crippen molar-refractivity contribution in [2.75, 3.05) is 0 Å². The summed E-state index contributed by atoms with van der Waals surface area (Å²) in [5.74, 6) is 0.623. The van der Waals surface area contributed by atoms with Gasteiger partial charge in [0.1, 0.15) is 0 Å². The Hall–Kier alpha value is -1.24. The van der Waals surface area contributed by atoms with Crippen LogP contribution in [-0.2, 0) is 0 Å². The molecule has 0 aromatic carbocycles. The standard InChI is InChI=1S/C14H21N/c1-4-6-13(3)14-9-8-12(2)7-5-10-15-11-14/h5,7-11,13,15H,4,6H2,1-3H3. The van der Waals surface area contributed by atoms with Crippen LogP contribution >= 0.6 is 0 Å². The monoisotopic (exact) mass is 203 g/mol. The zero-order valence-electron chi connectivity index (χ0n) is 9.96. The lowest BCUT2D eigenvalue weighted by Gasteiger charge is -2.07. The summed E-state index contributed by atoms with van der Waals surface area (Å²) in [5, 5.41) is 0. The van der Waals surface area contributed by atoms with Gasteiger partial charge in [-0.25, -0.2) is 0 Å². The van der Waals surface area contributed by atoms with E-state index in [0.717, 1.165) is 0 Å². The predicted octanol–water partition coefficient (Wildman–Crippen LogP) is 4.35. The SMILES string of the molecule is CCCC(C)c1ccc(C)ccc[nH]c1. The van der Waals surface area contributed by atoms with E-state index in [4.69, 9.17) is 0 Å². The molecule has 0 aliphatic carbocycles. The maximum atomic E-state index is 3.20. The molecule has 15 heavy (non-hydrogen) atoms. The molecule has 1 heterocycles. The Balaban J connectivity index is 3.04. The molecule has 1 aromatic heterocycles. The number of H-pyrrole nitrogens is 1. The largest absolute Gasteiger partial charge is 0.367 e. The predicted molar refractivity (Wildman–Crippen MR) is 66.5 cm³/mol. The van der Waals surface area contributed by atoms with Gasteiger partial charge in [-0.3, -0.25) is 0 Å². The Morgan fingerprint density at radius 2 is 2.07 bits per heavy atom. The van der Waals surface area contributed by atoms with Crippen molar-refractivity contribution in [2.45, 2.75) is 39.5 Å². The highest BCUT2D eigenvalue weighted by atomic mass is 14.6. The second-order valence-corrected chi connectivity index (χ2v) is 4.10. The maximum absolute atomic E-state index is 3.20. The number of hydrogen-bond donors (Lipinski definition) is 1. The summed E-state index contributed by atoms with van der Waals surface area (Å²) in [5.41, 5.74) is 2.65. The van der Waals surface area contributed by atoms with Gasteiger partial charge in [0.15, 0.2) is 0 Å². The van der Waals surface area contributed by atoms with E-state index in [1.165, 1.54) is 24.0 Å². The number of hydrogen-bond acceptors (Lipinski definition) is 0. The third-order valence-electron chi connectivity index (χ3n) is 2.63. The summed E-state index contributed by atoms with van der Waals surface area (Å²) < 4.78 is 0. The lowest BCUT2D eigenvalue weighted by Crippen LogP contribution is -1.91. The first-order valence-corrected chi connectivity index (χ1v) is 5.71. The molecular formula is C14H21N. The van der Waals surface area contributed by atoms with Crippen LogP contribution in [0.5, 0.6) is 0 Å². The van der Waals surface area contributed by atoms with Gasteiger partial charge >= 0.3 is 0 Å². The van der Waals surface area contributed by atoms with E-state index in [9.17, 15) is 0 Å². The van der Waals surface area contributed by atoms with Crippen molar-refractivity contribution in [3.8, 4) is 0 Å². The second-order valence-electron chi connectivity index (χ2n) is 4.10. The Morgan fingerprint density at radius 1 is 1.27 bits per heavy atom. The van der Waals surface area contributed by atoms with Crippen LogP contribution in [0.15, 0.2) is 36.7 Å². The van der Waals surface area contributed by atoms with Crippen LogP contribution in [0, 0.1) is 6.92 Å². The molecule has 1 heteroatoms. The van der Waals surface area contributed by atoms with E-state index < -0.39 is 0 Å². The minimum absolute atomic E-state index is 0.623. The molecule has 0 fully saturated rings. The Bertz CT molecular complexity index is 337. The van der Waals surface area contributed by atoms with Gasteiger partial charge in [0.25, 0.3) is 0 Å². The molecule has 1 N–H and O–H groups in total. The summed E-state index contributed by atoms with van der Waals surface area (Å²) >= 11 is 0. The average Bonchev–Trinajstić information content (AvgIpc) is 2.31. The number of aromatic amines is 1. The van der Waals surface area contributed by atoms with Gasteiger partial charge in [-0.1, -0.05) is 44.0 Å². The van der Waals surface area contributed by atoms with Crippen molar-refractivity contribution < 1.29 is 0 Å². The summed E-state index contributed by atoms with van der Waals surface area (Å²) in [4.78, 5) is 3.20. The summed E-state index contributed by atoms with van der Waals surface area (Å²) in [6.07, 6.45) is 6.54. The van der Waals surface area contributed by atoms with Crippen LogP contribution in [-0.4, -0.2) is 4.98 Å². The molecule has 0 saturated carbocycles. The highest BCUT2D eigenvalue weighted by Gasteiger charge is 2.01. The number of nitrogens with one attached hydrogen (secondary N) is 1. The fourth-order valence-electron chi connectivity index (χ4n) is 1.64. The van der Waals surface area contributed by atoms with Crippen LogP contribution in [0.3, 0.4) is 0 Å². The second kappa shape index (κ2) is 6.28. The fourth-order valence-corrected chi connectivity index (χ4v) is 1.64. The van der Waals surface area contributed by atoms with Gasteiger partial charge in [0.2, 0.25) is 0 Å². The molecule has 1 rings (SSSR count). The van der Waals surface area contributed by atoms with Gasteiger partial charge < -0.3 is 4.98 Å². The molecule has 0 aliphatic rings. The molecule has 0 spiro atoms. The Kier molecular flexibility index (Phi) is 4.96. The van der Waals surface area contributed by atoms with Crippen molar-refractivity contribution in [1.29, 1.82) is 0 Å². The third kappa shape index (κ3) is 4.20. The Labute approximate surface area is 92.9 Å². The minimum Gasteiger partial charge on any atom is -0.367 e. The van der Waals surface area contributed by atoms with E-state index in [0.29, 0.717) is 5.92 Å². The molecule has 0 bridgehead atoms. The Morgan fingerprint density at radius 3 is 2.80 bits per heavy atom. The molecule has 0 saturated heterocycles. The quantitative estimate of drug-likeness (QED) is 0.751. The number of aromatic nitrogens is 1. The molecule has 1 nitrogen and oxygen atoms in total. The molecular weight excluding hydrogens is 182 g/mol. The van der Waals surface area contributed by atoms with Gasteiger partial charge in [0, 0.05) is 12.4 Å². The van der Waals surface area contributed by atoms with E-state index in [1.54, 1.807) is 0 Å². The van der Waals surface area contributed by atoms with Gasteiger partial charge in [-0.2, -0.15) is 0 Å². The van der Waals surface area contributed by atoms with Crippen LogP contribution in [0.25, 0.3) is 0 Å². The average molecular weight is 203 g/mol. The lowest BCUT2D eigenvalue weighted by molar-refractivity contribution is 0.663. The molecule has 0 aliphatic heterocycles. The van der Waals surface area contributed by atoms with Crippen molar-refractivity contribution in [2.24, 2.45) is 0 Å². The van der Waals surface area contributed by atoms with Crippen LogP contribution in [0.1, 0.15) is 43.7 Å². The van der Waals surface area contributed by atoms with E-state index in [1.807, 2.05) is 12.3 Å². The molecule has 1 unspecified atom stereocenters. The van der Waals surface area contributed by atoms with Crippen LogP contribution < -0.4 is 0 Å². The molecule has 0 amide bonds. The summed E-state index contributed by atoms with van der Waals surface area (Å²) in [6, 6.07) is 8.52. The third-order valence-corrected chi connectivity index (χ3v) is 2.63. The first-order chi connectivity index (χ1) is 7.24. The fraction of sp³-hybridized carbons (Fsp3) is 0.429. The maximum Gasteiger partial charge on any atom is 0.00395 e. The van der Waals surface area contributed by atoms with E-state index >= 15 is 0 Å². The van der Waals surface area contributed by atoms with Crippen molar-refractivity contribution in [3.63, 3.8) is 0 Å².